The highest BCUT2D eigenvalue weighted by molar-refractivity contribution is 6.06. The van der Waals surface area contributed by atoms with Gasteiger partial charge in [0.1, 0.15) is 5.82 Å². The third kappa shape index (κ3) is 4.24. The molecule has 2 aromatic rings. The summed E-state index contributed by atoms with van der Waals surface area (Å²) in [6.45, 7) is 1.97. The van der Waals surface area contributed by atoms with Crippen LogP contribution in [0.1, 0.15) is 42.5 Å². The van der Waals surface area contributed by atoms with E-state index in [1.165, 1.54) is 12.6 Å². The minimum Gasteiger partial charge on any atom is -0.370 e. The number of nitrogens with zero attached hydrogens (tertiary/aromatic N) is 3. The Hall–Kier alpha value is -2.96. The Morgan fingerprint density at radius 2 is 1.85 bits per heavy atom. The summed E-state index contributed by atoms with van der Waals surface area (Å²) in [7, 11) is 0. The van der Waals surface area contributed by atoms with Crippen LogP contribution in [0, 0.1) is 5.92 Å². The summed E-state index contributed by atoms with van der Waals surface area (Å²) in [4.78, 5) is 35.2. The molecule has 0 unspecified atom stereocenters. The van der Waals surface area contributed by atoms with Gasteiger partial charge in [-0.05, 0) is 50.3 Å². The average molecular weight is 365 g/mol. The van der Waals surface area contributed by atoms with Crippen LogP contribution in [0.4, 0.5) is 17.2 Å². The number of amides is 2. The number of carbonyl (C=O) groups excluding carboxylic acids is 2. The number of rotatable bonds is 5. The zero-order valence-electron chi connectivity index (χ0n) is 15.1. The first-order chi connectivity index (χ1) is 13.2. The SMILES string of the molecule is O=C(Nc1cnccc1N1CCCCC1)c1ccnc(NC(=O)C2CC2)c1. The van der Waals surface area contributed by atoms with Gasteiger partial charge in [-0.25, -0.2) is 4.98 Å². The van der Waals surface area contributed by atoms with E-state index >= 15 is 0 Å². The van der Waals surface area contributed by atoms with E-state index in [0.717, 1.165) is 44.5 Å². The van der Waals surface area contributed by atoms with E-state index in [1.807, 2.05) is 6.07 Å². The number of nitrogens with one attached hydrogen (secondary N) is 2. The Kier molecular flexibility index (Phi) is 5.00. The largest absolute Gasteiger partial charge is 0.370 e. The molecule has 0 bridgehead atoms. The second kappa shape index (κ2) is 7.73. The summed E-state index contributed by atoms with van der Waals surface area (Å²) < 4.78 is 0. The summed E-state index contributed by atoms with van der Waals surface area (Å²) in [5.41, 5.74) is 2.14. The van der Waals surface area contributed by atoms with Crippen LogP contribution in [0.3, 0.4) is 0 Å². The van der Waals surface area contributed by atoms with Crippen LogP contribution >= 0.6 is 0 Å². The molecule has 0 radical (unpaired) electrons. The fraction of sp³-hybridized carbons (Fsp3) is 0.400. The van der Waals surface area contributed by atoms with E-state index in [1.54, 1.807) is 24.5 Å². The molecule has 2 aliphatic rings. The normalized spacial score (nSPS) is 16.7. The number of piperidine rings is 1. The molecule has 1 aliphatic heterocycles. The molecule has 140 valence electrons. The molecule has 1 saturated heterocycles. The molecule has 2 fully saturated rings. The molecule has 7 heteroatoms. The fourth-order valence-corrected chi connectivity index (χ4v) is 3.30. The monoisotopic (exact) mass is 365 g/mol. The molecule has 1 saturated carbocycles. The third-order valence-electron chi connectivity index (χ3n) is 4.96. The summed E-state index contributed by atoms with van der Waals surface area (Å²) in [5.74, 6) is 0.221. The van der Waals surface area contributed by atoms with Crippen molar-refractivity contribution < 1.29 is 9.59 Å². The molecule has 0 atom stereocenters. The smallest absolute Gasteiger partial charge is 0.255 e. The maximum absolute atomic E-state index is 12.7. The minimum absolute atomic E-state index is 0.0281. The molecular formula is C20H23N5O2. The van der Waals surface area contributed by atoms with Crippen molar-refractivity contribution in [3.63, 3.8) is 0 Å². The van der Waals surface area contributed by atoms with E-state index < -0.39 is 0 Å². The second-order valence-corrected chi connectivity index (χ2v) is 7.09. The first kappa shape index (κ1) is 17.5. The van der Waals surface area contributed by atoms with Crippen molar-refractivity contribution in [2.45, 2.75) is 32.1 Å². The van der Waals surface area contributed by atoms with Gasteiger partial charge in [0.2, 0.25) is 5.91 Å². The van der Waals surface area contributed by atoms with Crippen LogP contribution in [0.25, 0.3) is 0 Å². The van der Waals surface area contributed by atoms with Gasteiger partial charge < -0.3 is 15.5 Å². The molecule has 2 aromatic heterocycles. The van der Waals surface area contributed by atoms with E-state index in [4.69, 9.17) is 0 Å². The van der Waals surface area contributed by atoms with Crippen LogP contribution in [-0.4, -0.2) is 34.9 Å². The standard InChI is InChI=1S/C20H23N5O2/c26-19(14-4-5-14)24-18-12-15(6-9-22-18)20(27)23-16-13-21-8-7-17(16)25-10-2-1-3-11-25/h6-9,12-14H,1-5,10-11H2,(H,23,27)(H,22,24,26). The molecule has 2 amide bonds. The van der Waals surface area contributed by atoms with Crippen molar-refractivity contribution in [1.82, 2.24) is 9.97 Å². The second-order valence-electron chi connectivity index (χ2n) is 7.09. The van der Waals surface area contributed by atoms with E-state index in [-0.39, 0.29) is 17.7 Å². The number of hydrogen-bond acceptors (Lipinski definition) is 5. The lowest BCUT2D eigenvalue weighted by Gasteiger charge is -2.30. The van der Waals surface area contributed by atoms with Gasteiger partial charge >= 0.3 is 0 Å². The van der Waals surface area contributed by atoms with Gasteiger partial charge in [0.25, 0.3) is 5.91 Å². The van der Waals surface area contributed by atoms with Crippen LogP contribution in [-0.2, 0) is 4.79 Å². The molecular weight excluding hydrogens is 342 g/mol. The maximum Gasteiger partial charge on any atom is 0.255 e. The van der Waals surface area contributed by atoms with Crippen molar-refractivity contribution in [2.75, 3.05) is 28.6 Å². The number of anilines is 3. The van der Waals surface area contributed by atoms with Crippen molar-refractivity contribution in [2.24, 2.45) is 5.92 Å². The topological polar surface area (TPSA) is 87.2 Å². The van der Waals surface area contributed by atoms with Crippen molar-refractivity contribution in [1.29, 1.82) is 0 Å². The Morgan fingerprint density at radius 3 is 2.63 bits per heavy atom. The number of pyridine rings is 2. The predicted octanol–water partition coefficient (Wildman–Crippen LogP) is 3.07. The lowest BCUT2D eigenvalue weighted by atomic mass is 10.1. The van der Waals surface area contributed by atoms with Gasteiger partial charge in [0.15, 0.2) is 0 Å². The number of aromatic nitrogens is 2. The molecule has 3 heterocycles. The van der Waals surface area contributed by atoms with Crippen LogP contribution < -0.4 is 15.5 Å². The molecule has 1 aliphatic carbocycles. The molecule has 7 nitrogen and oxygen atoms in total. The van der Waals surface area contributed by atoms with E-state index in [0.29, 0.717) is 17.1 Å². The highest BCUT2D eigenvalue weighted by Crippen LogP contribution is 2.30. The molecule has 27 heavy (non-hydrogen) atoms. The molecule has 0 spiro atoms. The third-order valence-corrected chi connectivity index (χ3v) is 4.96. The van der Waals surface area contributed by atoms with Gasteiger partial charge in [0, 0.05) is 37.0 Å². The highest BCUT2D eigenvalue weighted by atomic mass is 16.2. The first-order valence-electron chi connectivity index (χ1n) is 9.48. The Morgan fingerprint density at radius 1 is 1.04 bits per heavy atom. The van der Waals surface area contributed by atoms with Crippen molar-refractivity contribution in [3.8, 4) is 0 Å². The van der Waals surface area contributed by atoms with Gasteiger partial charge in [-0.2, -0.15) is 0 Å². The quantitative estimate of drug-likeness (QED) is 0.850. The average Bonchev–Trinajstić information content (AvgIpc) is 3.55. The van der Waals surface area contributed by atoms with Gasteiger partial charge in [-0.15, -0.1) is 0 Å². The summed E-state index contributed by atoms with van der Waals surface area (Å²) in [6, 6.07) is 5.18. The zero-order chi connectivity index (χ0) is 18.6. The van der Waals surface area contributed by atoms with Crippen LogP contribution in [0.5, 0.6) is 0 Å². The summed E-state index contributed by atoms with van der Waals surface area (Å²) in [5, 5.41) is 5.73. The van der Waals surface area contributed by atoms with Gasteiger partial charge in [-0.1, -0.05) is 0 Å². The van der Waals surface area contributed by atoms with Crippen LogP contribution in [0.2, 0.25) is 0 Å². The summed E-state index contributed by atoms with van der Waals surface area (Å²) in [6.07, 6.45) is 10.4. The zero-order valence-corrected chi connectivity index (χ0v) is 15.1. The highest BCUT2D eigenvalue weighted by Gasteiger charge is 2.29. The lowest BCUT2D eigenvalue weighted by Crippen LogP contribution is -2.30. The van der Waals surface area contributed by atoms with Crippen LogP contribution in [0.15, 0.2) is 36.8 Å². The van der Waals surface area contributed by atoms with E-state index in [2.05, 4.69) is 25.5 Å². The minimum atomic E-state index is -0.245. The number of carbonyl (C=O) groups is 2. The van der Waals surface area contributed by atoms with Crippen molar-refractivity contribution >= 4 is 29.0 Å². The fourth-order valence-electron chi connectivity index (χ4n) is 3.30. The Bertz CT molecular complexity index is 844. The Labute approximate surface area is 158 Å². The Balaban J connectivity index is 1.48. The molecule has 4 rings (SSSR count). The first-order valence-corrected chi connectivity index (χ1v) is 9.48. The maximum atomic E-state index is 12.7. The molecule has 2 N–H and O–H groups in total. The lowest BCUT2D eigenvalue weighted by molar-refractivity contribution is -0.117. The predicted molar refractivity (Wildman–Crippen MR) is 104 cm³/mol. The van der Waals surface area contributed by atoms with Gasteiger partial charge in [-0.3, -0.25) is 14.6 Å². The van der Waals surface area contributed by atoms with Gasteiger partial charge in [0.05, 0.1) is 17.6 Å². The molecule has 0 aromatic carbocycles. The number of hydrogen-bond donors (Lipinski definition) is 2. The van der Waals surface area contributed by atoms with Crippen molar-refractivity contribution in [3.05, 3.63) is 42.4 Å². The van der Waals surface area contributed by atoms with E-state index in [9.17, 15) is 9.59 Å². The summed E-state index contributed by atoms with van der Waals surface area (Å²) >= 11 is 0.